The minimum Gasteiger partial charge on any atom is -0.475 e. The van der Waals surface area contributed by atoms with E-state index in [9.17, 15) is 5.11 Å². The number of aromatic nitrogens is 1. The highest BCUT2D eigenvalue weighted by Gasteiger charge is 2.24. The van der Waals surface area contributed by atoms with Gasteiger partial charge in [-0.15, -0.1) is 0 Å². The average molecular weight is 250 g/mol. The van der Waals surface area contributed by atoms with E-state index in [1.807, 2.05) is 26.0 Å². The Morgan fingerprint density at radius 2 is 2.33 bits per heavy atom. The standard InChI is InChI=1S/C14H22N2O2/c1-10(2)18-14-11(5-4-8-15-14)9-16-12-6-3-7-13(12)17/h4-5,8,10,12-13,16-17H,3,6-7,9H2,1-2H3. The fraction of sp³-hybridized carbons (Fsp3) is 0.643. The normalized spacial score (nSPS) is 23.6. The first-order valence-corrected chi connectivity index (χ1v) is 6.69. The van der Waals surface area contributed by atoms with Gasteiger partial charge in [-0.3, -0.25) is 0 Å². The molecule has 0 radical (unpaired) electrons. The first-order chi connectivity index (χ1) is 8.66. The van der Waals surface area contributed by atoms with E-state index in [2.05, 4.69) is 10.3 Å². The maximum absolute atomic E-state index is 9.77. The van der Waals surface area contributed by atoms with Crippen LogP contribution in [0.15, 0.2) is 18.3 Å². The first-order valence-electron chi connectivity index (χ1n) is 6.69. The Hall–Kier alpha value is -1.13. The maximum atomic E-state index is 9.77. The van der Waals surface area contributed by atoms with E-state index in [4.69, 9.17) is 4.74 Å². The lowest BCUT2D eigenvalue weighted by Gasteiger charge is -2.18. The molecule has 1 saturated carbocycles. The summed E-state index contributed by atoms with van der Waals surface area (Å²) in [7, 11) is 0. The second kappa shape index (κ2) is 6.16. The van der Waals surface area contributed by atoms with Gasteiger partial charge in [-0.2, -0.15) is 0 Å². The maximum Gasteiger partial charge on any atom is 0.218 e. The largest absolute Gasteiger partial charge is 0.475 e. The molecule has 1 aromatic heterocycles. The Morgan fingerprint density at radius 1 is 1.50 bits per heavy atom. The predicted octanol–water partition coefficient (Wildman–Crippen LogP) is 1.87. The number of nitrogens with one attached hydrogen (secondary N) is 1. The van der Waals surface area contributed by atoms with Crippen LogP contribution in [0.5, 0.6) is 5.88 Å². The topological polar surface area (TPSA) is 54.4 Å². The molecule has 18 heavy (non-hydrogen) atoms. The zero-order valence-electron chi connectivity index (χ0n) is 11.1. The van der Waals surface area contributed by atoms with Gasteiger partial charge in [0.1, 0.15) is 0 Å². The van der Waals surface area contributed by atoms with Crippen LogP contribution in [0.25, 0.3) is 0 Å². The summed E-state index contributed by atoms with van der Waals surface area (Å²) in [6, 6.07) is 4.13. The molecule has 2 N–H and O–H groups in total. The highest BCUT2D eigenvalue weighted by atomic mass is 16.5. The Kier molecular flexibility index (Phi) is 4.55. The number of hydrogen-bond acceptors (Lipinski definition) is 4. The van der Waals surface area contributed by atoms with Crippen molar-refractivity contribution in [2.45, 2.75) is 57.9 Å². The third-order valence-electron chi connectivity index (χ3n) is 3.23. The molecule has 0 amide bonds. The van der Waals surface area contributed by atoms with Gasteiger partial charge in [0.05, 0.1) is 12.2 Å². The van der Waals surface area contributed by atoms with Crippen LogP contribution in [0.4, 0.5) is 0 Å². The van der Waals surface area contributed by atoms with Crippen molar-refractivity contribution in [3.63, 3.8) is 0 Å². The van der Waals surface area contributed by atoms with Crippen molar-refractivity contribution < 1.29 is 9.84 Å². The highest BCUT2D eigenvalue weighted by molar-refractivity contribution is 5.25. The van der Waals surface area contributed by atoms with Crippen LogP contribution in [0, 0.1) is 0 Å². The van der Waals surface area contributed by atoms with Crippen LogP contribution in [0.3, 0.4) is 0 Å². The molecule has 4 nitrogen and oxygen atoms in total. The van der Waals surface area contributed by atoms with Crippen LogP contribution in [-0.4, -0.2) is 28.3 Å². The Morgan fingerprint density at radius 3 is 3.00 bits per heavy atom. The van der Waals surface area contributed by atoms with Gasteiger partial charge < -0.3 is 15.2 Å². The number of nitrogens with zero attached hydrogens (tertiary/aromatic N) is 1. The molecule has 1 aliphatic carbocycles. The van der Waals surface area contributed by atoms with E-state index in [1.165, 1.54) is 0 Å². The van der Waals surface area contributed by atoms with Crippen LogP contribution >= 0.6 is 0 Å². The molecule has 2 rings (SSSR count). The molecule has 0 spiro atoms. The molecule has 1 fully saturated rings. The molecule has 0 aromatic carbocycles. The number of hydrogen-bond donors (Lipinski definition) is 2. The fourth-order valence-electron chi connectivity index (χ4n) is 2.31. The summed E-state index contributed by atoms with van der Waals surface area (Å²) in [6.45, 7) is 4.68. The van der Waals surface area contributed by atoms with Crippen LogP contribution < -0.4 is 10.1 Å². The quantitative estimate of drug-likeness (QED) is 0.837. The summed E-state index contributed by atoms with van der Waals surface area (Å²) in [5.41, 5.74) is 1.05. The second-order valence-electron chi connectivity index (χ2n) is 5.12. The zero-order chi connectivity index (χ0) is 13.0. The van der Waals surface area contributed by atoms with Crippen molar-refractivity contribution in [3.05, 3.63) is 23.9 Å². The molecule has 1 heterocycles. The van der Waals surface area contributed by atoms with Crippen LogP contribution in [0.1, 0.15) is 38.7 Å². The number of aliphatic hydroxyl groups is 1. The molecular formula is C14H22N2O2. The zero-order valence-corrected chi connectivity index (χ0v) is 11.1. The summed E-state index contributed by atoms with van der Waals surface area (Å²) >= 11 is 0. The predicted molar refractivity (Wildman–Crippen MR) is 70.5 cm³/mol. The number of rotatable bonds is 5. The highest BCUT2D eigenvalue weighted by Crippen LogP contribution is 2.21. The van der Waals surface area contributed by atoms with Crippen molar-refractivity contribution in [2.75, 3.05) is 0 Å². The van der Waals surface area contributed by atoms with E-state index in [0.717, 1.165) is 24.8 Å². The van der Waals surface area contributed by atoms with Crippen molar-refractivity contribution in [3.8, 4) is 5.88 Å². The van der Waals surface area contributed by atoms with Crippen LogP contribution in [0.2, 0.25) is 0 Å². The van der Waals surface area contributed by atoms with E-state index in [1.54, 1.807) is 6.20 Å². The van der Waals surface area contributed by atoms with Crippen molar-refractivity contribution >= 4 is 0 Å². The summed E-state index contributed by atoms with van der Waals surface area (Å²) in [5.74, 6) is 0.687. The number of pyridine rings is 1. The van der Waals surface area contributed by atoms with Crippen molar-refractivity contribution in [1.29, 1.82) is 0 Å². The second-order valence-corrected chi connectivity index (χ2v) is 5.12. The molecule has 0 saturated heterocycles. The molecule has 2 atom stereocenters. The van der Waals surface area contributed by atoms with Gasteiger partial charge in [0.25, 0.3) is 0 Å². The van der Waals surface area contributed by atoms with Gasteiger partial charge in [0.2, 0.25) is 5.88 Å². The smallest absolute Gasteiger partial charge is 0.218 e. The van der Waals surface area contributed by atoms with E-state index < -0.39 is 0 Å². The number of ether oxygens (including phenoxy) is 1. The minimum atomic E-state index is -0.212. The van der Waals surface area contributed by atoms with E-state index in [-0.39, 0.29) is 18.2 Å². The summed E-state index contributed by atoms with van der Waals surface area (Å²) in [6.07, 6.45) is 4.70. The Balaban J connectivity index is 1.95. The molecule has 4 heteroatoms. The van der Waals surface area contributed by atoms with Gasteiger partial charge in [-0.1, -0.05) is 6.07 Å². The molecule has 100 valence electrons. The lowest BCUT2D eigenvalue weighted by molar-refractivity contribution is 0.148. The lowest BCUT2D eigenvalue weighted by Crippen LogP contribution is -2.35. The summed E-state index contributed by atoms with van der Waals surface area (Å²) in [5, 5.41) is 13.2. The van der Waals surface area contributed by atoms with Gasteiger partial charge in [0.15, 0.2) is 0 Å². The van der Waals surface area contributed by atoms with Crippen molar-refractivity contribution in [1.82, 2.24) is 10.3 Å². The average Bonchev–Trinajstić information content (AvgIpc) is 2.73. The molecule has 2 unspecified atom stereocenters. The summed E-state index contributed by atoms with van der Waals surface area (Å²) in [4.78, 5) is 4.26. The third kappa shape index (κ3) is 3.43. The van der Waals surface area contributed by atoms with Gasteiger partial charge in [-0.25, -0.2) is 4.98 Å². The Bertz CT molecular complexity index is 382. The Labute approximate surface area is 108 Å². The van der Waals surface area contributed by atoms with E-state index >= 15 is 0 Å². The third-order valence-corrected chi connectivity index (χ3v) is 3.23. The molecule has 1 aromatic rings. The first kappa shape index (κ1) is 13.3. The van der Waals surface area contributed by atoms with Crippen LogP contribution in [-0.2, 0) is 6.54 Å². The minimum absolute atomic E-state index is 0.121. The van der Waals surface area contributed by atoms with Crippen molar-refractivity contribution in [2.24, 2.45) is 0 Å². The van der Waals surface area contributed by atoms with Gasteiger partial charge >= 0.3 is 0 Å². The lowest BCUT2D eigenvalue weighted by atomic mass is 10.2. The fourth-order valence-corrected chi connectivity index (χ4v) is 2.31. The monoisotopic (exact) mass is 250 g/mol. The molecule has 0 bridgehead atoms. The SMILES string of the molecule is CC(C)Oc1ncccc1CNC1CCCC1O. The van der Waals surface area contributed by atoms with Gasteiger partial charge in [0, 0.05) is 24.3 Å². The number of aliphatic hydroxyl groups excluding tert-OH is 1. The van der Waals surface area contributed by atoms with E-state index in [0.29, 0.717) is 12.4 Å². The molecule has 1 aliphatic rings. The van der Waals surface area contributed by atoms with Gasteiger partial charge in [-0.05, 0) is 39.2 Å². The summed E-state index contributed by atoms with van der Waals surface area (Å²) < 4.78 is 5.67. The molecular weight excluding hydrogens is 228 g/mol. The molecule has 0 aliphatic heterocycles.